The number of fused-ring (bicyclic) bond motifs is 1. The van der Waals surface area contributed by atoms with Crippen LogP contribution in [0.4, 0.5) is 0 Å². The van der Waals surface area contributed by atoms with E-state index >= 15 is 0 Å². The largest absolute Gasteiger partial charge is 0.494 e. The van der Waals surface area contributed by atoms with E-state index in [0.29, 0.717) is 41.6 Å². The second-order valence-corrected chi connectivity index (χ2v) is 6.52. The van der Waals surface area contributed by atoms with Gasteiger partial charge in [-0.25, -0.2) is 4.98 Å². The van der Waals surface area contributed by atoms with Crippen molar-refractivity contribution in [1.29, 1.82) is 0 Å². The van der Waals surface area contributed by atoms with Crippen LogP contribution in [-0.4, -0.2) is 34.3 Å². The highest BCUT2D eigenvalue weighted by molar-refractivity contribution is 6.07. The summed E-state index contributed by atoms with van der Waals surface area (Å²) in [6.45, 7) is 2.54. The van der Waals surface area contributed by atoms with Crippen LogP contribution in [0.5, 0.6) is 5.75 Å². The number of pyridine rings is 2. The van der Waals surface area contributed by atoms with E-state index < -0.39 is 0 Å². The lowest BCUT2D eigenvalue weighted by atomic mass is 9.91. The van der Waals surface area contributed by atoms with E-state index in [4.69, 9.17) is 4.74 Å². The summed E-state index contributed by atoms with van der Waals surface area (Å²) >= 11 is 0. The molecule has 2 aromatic heterocycles. The Morgan fingerprint density at radius 3 is 2.70 bits per heavy atom. The molecule has 0 unspecified atom stereocenters. The smallest absolute Gasteiger partial charge is 0.252 e. The summed E-state index contributed by atoms with van der Waals surface area (Å²) < 4.78 is 5.48. The minimum Gasteiger partial charge on any atom is -0.494 e. The van der Waals surface area contributed by atoms with Gasteiger partial charge in [-0.05, 0) is 43.3 Å². The van der Waals surface area contributed by atoms with Crippen LogP contribution in [0.15, 0.2) is 48.8 Å². The summed E-state index contributed by atoms with van der Waals surface area (Å²) in [6, 6.07) is 11.1. The Kier molecular flexibility index (Phi) is 4.54. The maximum absolute atomic E-state index is 12.8. The number of carbonyl (C=O) groups excluding carboxylic acids is 2. The van der Waals surface area contributed by atoms with E-state index in [1.807, 2.05) is 31.2 Å². The van der Waals surface area contributed by atoms with Crippen molar-refractivity contribution in [3.63, 3.8) is 0 Å². The molecule has 6 heteroatoms. The van der Waals surface area contributed by atoms with Crippen LogP contribution in [0.1, 0.15) is 30.1 Å². The maximum Gasteiger partial charge on any atom is 0.252 e. The van der Waals surface area contributed by atoms with Gasteiger partial charge < -0.3 is 10.1 Å². The van der Waals surface area contributed by atoms with Crippen molar-refractivity contribution in [2.75, 3.05) is 6.61 Å². The minimum absolute atomic E-state index is 0.0844. The highest BCUT2D eigenvalue weighted by Gasteiger charge is 2.28. The van der Waals surface area contributed by atoms with Crippen molar-refractivity contribution < 1.29 is 14.3 Å². The van der Waals surface area contributed by atoms with Crippen LogP contribution >= 0.6 is 0 Å². The Bertz CT molecular complexity index is 1010. The van der Waals surface area contributed by atoms with Gasteiger partial charge in [-0.3, -0.25) is 14.6 Å². The van der Waals surface area contributed by atoms with Crippen molar-refractivity contribution in [2.24, 2.45) is 0 Å². The van der Waals surface area contributed by atoms with Crippen molar-refractivity contribution in [3.05, 3.63) is 54.4 Å². The molecule has 3 aromatic rings. The first kappa shape index (κ1) is 17.1. The molecule has 2 heterocycles. The second-order valence-electron chi connectivity index (χ2n) is 6.52. The Morgan fingerprint density at radius 2 is 2.00 bits per heavy atom. The highest BCUT2D eigenvalue weighted by atomic mass is 16.5. The number of hydrogen-bond acceptors (Lipinski definition) is 5. The van der Waals surface area contributed by atoms with E-state index in [-0.39, 0.29) is 17.7 Å². The van der Waals surface area contributed by atoms with Gasteiger partial charge in [0.1, 0.15) is 11.5 Å². The molecule has 0 radical (unpaired) electrons. The third-order valence-electron chi connectivity index (χ3n) is 4.60. The SMILES string of the molecule is CCOc1ccc(-c2cc(C(=O)NC3CC(=O)C3)c3cnccc3n2)cc1. The van der Waals surface area contributed by atoms with E-state index in [1.165, 1.54) is 0 Å². The summed E-state index contributed by atoms with van der Waals surface area (Å²) in [5.74, 6) is 0.760. The van der Waals surface area contributed by atoms with Crippen LogP contribution in [-0.2, 0) is 4.79 Å². The number of carbonyl (C=O) groups is 2. The number of Topliss-reactive ketones (excluding diaryl/α,β-unsaturated/α-hetero) is 1. The van der Waals surface area contributed by atoms with Gasteiger partial charge in [0.15, 0.2) is 0 Å². The van der Waals surface area contributed by atoms with Crippen molar-refractivity contribution >= 4 is 22.6 Å². The lowest BCUT2D eigenvalue weighted by Gasteiger charge is -2.25. The molecule has 0 saturated heterocycles. The van der Waals surface area contributed by atoms with E-state index in [2.05, 4.69) is 15.3 Å². The van der Waals surface area contributed by atoms with Gasteiger partial charge in [0.05, 0.1) is 23.4 Å². The van der Waals surface area contributed by atoms with Crippen molar-refractivity contribution in [2.45, 2.75) is 25.8 Å². The molecule has 1 aliphatic rings. The molecule has 1 fully saturated rings. The molecule has 1 aromatic carbocycles. The molecule has 4 rings (SSSR count). The summed E-state index contributed by atoms with van der Waals surface area (Å²) in [6.07, 6.45) is 4.10. The molecule has 6 nitrogen and oxygen atoms in total. The van der Waals surface area contributed by atoms with Gasteiger partial charge in [-0.15, -0.1) is 0 Å². The fourth-order valence-electron chi connectivity index (χ4n) is 3.15. The molecule has 27 heavy (non-hydrogen) atoms. The molecular weight excluding hydrogens is 342 g/mol. The predicted octanol–water partition coefficient (Wildman–Crippen LogP) is 3.16. The number of hydrogen-bond donors (Lipinski definition) is 1. The van der Waals surface area contributed by atoms with Gasteiger partial charge in [0, 0.05) is 42.2 Å². The van der Waals surface area contributed by atoms with Crippen molar-refractivity contribution in [3.8, 4) is 17.0 Å². The first-order valence-corrected chi connectivity index (χ1v) is 8.94. The molecule has 1 N–H and O–H groups in total. The monoisotopic (exact) mass is 361 g/mol. The average Bonchev–Trinajstić information content (AvgIpc) is 2.66. The Labute approximate surface area is 156 Å². The Hall–Kier alpha value is -3.28. The minimum atomic E-state index is -0.208. The lowest BCUT2D eigenvalue weighted by molar-refractivity contribution is -0.124. The fraction of sp³-hybridized carbons (Fsp3) is 0.238. The molecule has 1 aliphatic carbocycles. The van der Waals surface area contributed by atoms with Crippen molar-refractivity contribution in [1.82, 2.24) is 15.3 Å². The van der Waals surface area contributed by atoms with E-state index in [0.717, 1.165) is 11.3 Å². The topological polar surface area (TPSA) is 81.2 Å². The summed E-state index contributed by atoms with van der Waals surface area (Å²) in [4.78, 5) is 32.8. The standard InChI is InChI=1S/C21H19N3O3/c1-2-27-16-5-3-13(4-6-16)20-11-17(18-12-22-8-7-19(18)24-20)21(26)23-14-9-15(25)10-14/h3-8,11-12,14H,2,9-10H2,1H3,(H,23,26). The predicted molar refractivity (Wildman–Crippen MR) is 102 cm³/mol. The zero-order valence-corrected chi connectivity index (χ0v) is 14.9. The van der Waals surface area contributed by atoms with Crippen LogP contribution < -0.4 is 10.1 Å². The number of benzene rings is 1. The molecule has 0 bridgehead atoms. The summed E-state index contributed by atoms with van der Waals surface area (Å²) in [5, 5.41) is 3.61. The summed E-state index contributed by atoms with van der Waals surface area (Å²) in [7, 11) is 0. The number of ketones is 1. The van der Waals surface area contributed by atoms with Crippen LogP contribution in [0.3, 0.4) is 0 Å². The quantitative estimate of drug-likeness (QED) is 0.755. The highest BCUT2D eigenvalue weighted by Crippen LogP contribution is 2.26. The number of aromatic nitrogens is 2. The summed E-state index contributed by atoms with van der Waals surface area (Å²) in [5.41, 5.74) is 2.80. The number of rotatable bonds is 5. The Morgan fingerprint density at radius 1 is 1.22 bits per heavy atom. The molecule has 0 spiro atoms. The molecule has 1 saturated carbocycles. The number of amides is 1. The molecule has 1 amide bonds. The third kappa shape index (κ3) is 3.51. The van der Waals surface area contributed by atoms with Crippen LogP contribution in [0.25, 0.3) is 22.2 Å². The second kappa shape index (κ2) is 7.15. The lowest BCUT2D eigenvalue weighted by Crippen LogP contribution is -2.44. The average molecular weight is 361 g/mol. The van der Waals surface area contributed by atoms with Gasteiger partial charge in [0.25, 0.3) is 5.91 Å². The number of nitrogens with one attached hydrogen (secondary N) is 1. The van der Waals surface area contributed by atoms with Gasteiger partial charge in [0.2, 0.25) is 0 Å². The van der Waals surface area contributed by atoms with E-state index in [1.54, 1.807) is 24.5 Å². The number of ether oxygens (including phenoxy) is 1. The van der Waals surface area contributed by atoms with Crippen LogP contribution in [0.2, 0.25) is 0 Å². The van der Waals surface area contributed by atoms with Crippen LogP contribution in [0, 0.1) is 0 Å². The first-order valence-electron chi connectivity index (χ1n) is 8.94. The molecule has 136 valence electrons. The molecule has 0 atom stereocenters. The fourth-order valence-corrected chi connectivity index (χ4v) is 3.15. The Balaban J connectivity index is 1.71. The van der Waals surface area contributed by atoms with Gasteiger partial charge in [-0.1, -0.05) is 0 Å². The number of nitrogens with zero attached hydrogens (tertiary/aromatic N) is 2. The molecule has 0 aliphatic heterocycles. The first-order chi connectivity index (χ1) is 13.1. The maximum atomic E-state index is 12.8. The van der Waals surface area contributed by atoms with Gasteiger partial charge in [-0.2, -0.15) is 0 Å². The van der Waals surface area contributed by atoms with E-state index in [9.17, 15) is 9.59 Å². The zero-order valence-electron chi connectivity index (χ0n) is 14.9. The third-order valence-corrected chi connectivity index (χ3v) is 4.60. The molecular formula is C21H19N3O3. The van der Waals surface area contributed by atoms with Gasteiger partial charge >= 0.3 is 0 Å². The normalized spacial score (nSPS) is 14.0. The zero-order chi connectivity index (χ0) is 18.8.